The Morgan fingerprint density at radius 3 is 1.54 bits per heavy atom. The Bertz CT molecular complexity index is 321. The van der Waals surface area contributed by atoms with Crippen LogP contribution in [0.5, 0.6) is 0 Å². The van der Waals surface area contributed by atoms with Crippen LogP contribution < -0.4 is 0 Å². The summed E-state index contributed by atoms with van der Waals surface area (Å²) in [5, 5.41) is 2.19. The van der Waals surface area contributed by atoms with Crippen molar-refractivity contribution in [2.75, 3.05) is 13.2 Å². The van der Waals surface area contributed by atoms with Crippen molar-refractivity contribution in [1.29, 1.82) is 0 Å². The summed E-state index contributed by atoms with van der Waals surface area (Å²) in [4.78, 5) is 0. The van der Waals surface area contributed by atoms with Gasteiger partial charge in [0.15, 0.2) is 0 Å². The maximum absolute atomic E-state index is 9.98. The maximum Gasteiger partial charge on any atom is 0.210 e. The lowest BCUT2D eigenvalue weighted by Crippen LogP contribution is -1.98. The molecule has 0 atom stereocenters. The molecule has 0 aromatic heterocycles. The van der Waals surface area contributed by atoms with Crippen molar-refractivity contribution < 1.29 is 21.6 Å². The van der Waals surface area contributed by atoms with E-state index in [0.717, 1.165) is 10.7 Å². The van der Waals surface area contributed by atoms with Crippen LogP contribution in [0.25, 0.3) is 0 Å². The van der Waals surface area contributed by atoms with Crippen molar-refractivity contribution in [2.24, 2.45) is 0 Å². The van der Waals surface area contributed by atoms with Crippen molar-refractivity contribution in [1.82, 2.24) is 0 Å². The van der Waals surface area contributed by atoms with Gasteiger partial charge in [-0.15, -0.1) is 0 Å². The third kappa shape index (κ3) is 11.3. The Morgan fingerprint density at radius 1 is 0.846 bits per heavy atom. The van der Waals surface area contributed by atoms with Gasteiger partial charge in [-0.3, -0.25) is 0 Å². The molecule has 0 aliphatic heterocycles. The van der Waals surface area contributed by atoms with Crippen LogP contribution in [0.15, 0.2) is 0 Å². The molecule has 13 heavy (non-hydrogen) atoms. The van der Waals surface area contributed by atoms with Crippen LogP contribution in [-0.4, -0.2) is 40.8 Å². The molecule has 0 unspecified atom stereocenters. The zero-order valence-electron chi connectivity index (χ0n) is 6.84. The molecule has 0 rings (SSSR count). The van der Waals surface area contributed by atoms with Crippen LogP contribution >= 0.6 is 0 Å². The molecule has 0 aromatic carbocycles. The Morgan fingerprint density at radius 2 is 1.23 bits per heavy atom. The van der Waals surface area contributed by atoms with Crippen LogP contribution in [0, 0.1) is 0 Å². The van der Waals surface area contributed by atoms with Crippen molar-refractivity contribution in [3.63, 3.8) is 0 Å². The molecule has 0 N–H and O–H groups in total. The van der Waals surface area contributed by atoms with Gasteiger partial charge in [0.2, 0.25) is 20.6 Å². The van der Waals surface area contributed by atoms with E-state index >= 15 is 0 Å². The van der Waals surface area contributed by atoms with Crippen LogP contribution in [0.1, 0.15) is 12.8 Å². The SMILES string of the molecule is O=S(=O)=CCCOCCC=S(=O)=O. The van der Waals surface area contributed by atoms with E-state index in [9.17, 15) is 16.8 Å². The Hall–Kier alpha value is -0.660. The smallest absolute Gasteiger partial charge is 0.210 e. The summed E-state index contributed by atoms with van der Waals surface area (Å²) in [6, 6.07) is 0. The van der Waals surface area contributed by atoms with E-state index in [4.69, 9.17) is 4.74 Å². The fourth-order valence-electron chi connectivity index (χ4n) is 0.557. The Kier molecular flexibility index (Phi) is 7.56. The summed E-state index contributed by atoms with van der Waals surface area (Å²) >= 11 is 0. The van der Waals surface area contributed by atoms with Crippen LogP contribution in [0.4, 0.5) is 0 Å². The molecular formula is C6H10O5S2. The lowest BCUT2D eigenvalue weighted by atomic mass is 10.5. The largest absolute Gasteiger partial charge is 0.381 e. The second-order valence-electron chi connectivity index (χ2n) is 2.04. The second kappa shape index (κ2) is 7.96. The lowest BCUT2D eigenvalue weighted by molar-refractivity contribution is 0.150. The van der Waals surface area contributed by atoms with Gasteiger partial charge in [-0.1, -0.05) is 0 Å². The zero-order chi connectivity index (χ0) is 10.1. The molecular weight excluding hydrogens is 216 g/mol. The Labute approximate surface area is 79.4 Å². The predicted octanol–water partition coefficient (Wildman–Crippen LogP) is -0.854. The highest BCUT2D eigenvalue weighted by Crippen LogP contribution is 1.81. The molecule has 76 valence electrons. The molecule has 0 aromatic rings. The molecule has 5 nitrogen and oxygen atoms in total. The van der Waals surface area contributed by atoms with Crippen molar-refractivity contribution in [3.8, 4) is 0 Å². The molecule has 7 heteroatoms. The molecule has 0 aliphatic carbocycles. The minimum atomic E-state index is -2.14. The summed E-state index contributed by atoms with van der Waals surface area (Å²) in [7, 11) is -4.28. The normalized spacial score (nSPS) is 9.23. The molecule has 0 spiro atoms. The highest BCUT2D eigenvalue weighted by molar-refractivity contribution is 7.71. The summed E-state index contributed by atoms with van der Waals surface area (Å²) in [5.74, 6) is 0. The molecule has 0 amide bonds. The predicted molar refractivity (Wildman–Crippen MR) is 50.0 cm³/mol. The third-order valence-corrected chi connectivity index (χ3v) is 2.05. The standard InChI is InChI=1S/C6H10O5S2/c7-12(8)5-1-3-11-4-2-6-13(9)10/h5-6H,1-4H2. The average molecular weight is 226 g/mol. The van der Waals surface area contributed by atoms with E-state index in [-0.39, 0.29) is 13.2 Å². The van der Waals surface area contributed by atoms with Crippen LogP contribution in [-0.2, 0) is 25.3 Å². The minimum absolute atomic E-state index is 0.285. The molecule has 0 heterocycles. The van der Waals surface area contributed by atoms with Gasteiger partial charge >= 0.3 is 0 Å². The van der Waals surface area contributed by atoms with Crippen molar-refractivity contribution >= 4 is 31.3 Å². The molecule has 0 saturated carbocycles. The van der Waals surface area contributed by atoms with Crippen LogP contribution in [0.3, 0.4) is 0 Å². The third-order valence-electron chi connectivity index (χ3n) is 1.03. The van der Waals surface area contributed by atoms with Crippen molar-refractivity contribution in [3.05, 3.63) is 0 Å². The number of hydrogen-bond acceptors (Lipinski definition) is 5. The van der Waals surface area contributed by atoms with Crippen LogP contribution in [0.2, 0.25) is 0 Å². The molecule has 0 saturated heterocycles. The van der Waals surface area contributed by atoms with Gasteiger partial charge in [0.05, 0.1) is 13.2 Å². The topological polar surface area (TPSA) is 77.5 Å². The fraction of sp³-hybridized carbons (Fsp3) is 0.667. The maximum atomic E-state index is 9.98. The number of ether oxygens (including phenoxy) is 1. The van der Waals surface area contributed by atoms with Gasteiger partial charge in [-0.25, -0.2) is 0 Å². The van der Waals surface area contributed by atoms with Crippen molar-refractivity contribution in [2.45, 2.75) is 12.8 Å². The molecule has 0 fully saturated rings. The van der Waals surface area contributed by atoms with E-state index < -0.39 is 20.6 Å². The molecule has 0 radical (unpaired) electrons. The summed E-state index contributed by atoms with van der Waals surface area (Å²) in [6.45, 7) is 0.570. The first-order valence-electron chi connectivity index (χ1n) is 3.53. The van der Waals surface area contributed by atoms with Gasteiger partial charge in [0.25, 0.3) is 0 Å². The van der Waals surface area contributed by atoms with Gasteiger partial charge in [-0.05, 0) is 0 Å². The lowest BCUT2D eigenvalue weighted by Gasteiger charge is -1.95. The number of hydrogen-bond donors (Lipinski definition) is 0. The van der Waals surface area contributed by atoms with Gasteiger partial charge in [0, 0.05) is 23.6 Å². The second-order valence-corrected chi connectivity index (χ2v) is 3.75. The quantitative estimate of drug-likeness (QED) is 0.435. The number of rotatable bonds is 6. The zero-order valence-corrected chi connectivity index (χ0v) is 8.47. The highest BCUT2D eigenvalue weighted by atomic mass is 32.2. The van der Waals surface area contributed by atoms with Gasteiger partial charge in [0.1, 0.15) is 0 Å². The summed E-state index contributed by atoms with van der Waals surface area (Å²) in [6.07, 6.45) is 0.632. The first-order chi connectivity index (χ1) is 6.13. The van der Waals surface area contributed by atoms with Gasteiger partial charge in [-0.2, -0.15) is 16.8 Å². The molecule has 0 aliphatic rings. The van der Waals surface area contributed by atoms with E-state index in [1.165, 1.54) is 0 Å². The first-order valence-corrected chi connectivity index (χ1v) is 5.81. The highest BCUT2D eigenvalue weighted by Gasteiger charge is 1.85. The van der Waals surface area contributed by atoms with E-state index in [0.29, 0.717) is 12.8 Å². The van der Waals surface area contributed by atoms with E-state index in [1.54, 1.807) is 0 Å². The first kappa shape index (κ1) is 12.3. The minimum Gasteiger partial charge on any atom is -0.381 e. The summed E-state index contributed by atoms with van der Waals surface area (Å²) < 4.78 is 44.8. The van der Waals surface area contributed by atoms with E-state index in [2.05, 4.69) is 0 Å². The molecule has 0 bridgehead atoms. The monoisotopic (exact) mass is 226 g/mol. The fourth-order valence-corrected chi connectivity index (χ4v) is 1.13. The average Bonchev–Trinajstić information content (AvgIpc) is 2.01. The summed E-state index contributed by atoms with van der Waals surface area (Å²) in [5.41, 5.74) is 0. The van der Waals surface area contributed by atoms with Gasteiger partial charge < -0.3 is 4.74 Å². The Balaban J connectivity index is 3.38. The van der Waals surface area contributed by atoms with E-state index in [1.807, 2.05) is 0 Å².